The largest absolute Gasteiger partial charge is 0.484 e. The molecule has 0 fully saturated rings. The van der Waals surface area contributed by atoms with Crippen molar-refractivity contribution < 1.29 is 19.1 Å². The van der Waals surface area contributed by atoms with Gasteiger partial charge in [-0.15, -0.1) is 0 Å². The maximum absolute atomic E-state index is 11.7. The van der Waals surface area contributed by atoms with Gasteiger partial charge in [0.1, 0.15) is 12.4 Å². The number of amides is 2. The number of nitrogens with two attached hydrogens (primary N) is 1. The van der Waals surface area contributed by atoms with Gasteiger partial charge in [-0.2, -0.15) is 0 Å². The van der Waals surface area contributed by atoms with Crippen LogP contribution in [0.2, 0.25) is 0 Å². The third-order valence-electron chi connectivity index (χ3n) is 4.09. The fourth-order valence-corrected chi connectivity index (χ4v) is 2.86. The summed E-state index contributed by atoms with van der Waals surface area (Å²) >= 11 is 0. The van der Waals surface area contributed by atoms with Crippen LogP contribution in [0.4, 0.5) is 5.69 Å². The van der Waals surface area contributed by atoms with Gasteiger partial charge in [0.25, 0.3) is 5.91 Å². The lowest BCUT2D eigenvalue weighted by Gasteiger charge is -2.11. The van der Waals surface area contributed by atoms with Crippen LogP contribution < -0.4 is 15.8 Å². The van der Waals surface area contributed by atoms with Gasteiger partial charge in [-0.1, -0.05) is 18.2 Å². The molecule has 0 saturated heterocycles. The first-order chi connectivity index (χ1) is 13.5. The standard InChI is InChI=1S/C21H21N3O4/c1-13-8-18(14-4-3-5-16(9-14)28-11-20(22)25)24-19-10-15(6-7-17(13)19)23-21(26)12-27-2/h3-10H,11-12H2,1-2H3,(H2,22,25)(H,23,26). The molecule has 0 unspecified atom stereocenters. The maximum Gasteiger partial charge on any atom is 0.255 e. The van der Waals surface area contributed by atoms with Crippen molar-refractivity contribution in [1.82, 2.24) is 4.98 Å². The summed E-state index contributed by atoms with van der Waals surface area (Å²) < 4.78 is 10.2. The first-order valence-electron chi connectivity index (χ1n) is 8.68. The number of ether oxygens (including phenoxy) is 2. The molecule has 3 aromatic rings. The third kappa shape index (κ3) is 4.63. The molecule has 0 aliphatic heterocycles. The number of hydrogen-bond donors (Lipinski definition) is 2. The number of carbonyl (C=O) groups is 2. The Morgan fingerprint density at radius 3 is 2.68 bits per heavy atom. The van der Waals surface area contributed by atoms with Crippen LogP contribution in [0.15, 0.2) is 48.5 Å². The van der Waals surface area contributed by atoms with E-state index in [9.17, 15) is 9.59 Å². The van der Waals surface area contributed by atoms with E-state index in [4.69, 9.17) is 20.2 Å². The van der Waals surface area contributed by atoms with Gasteiger partial charge in [0.15, 0.2) is 6.61 Å². The summed E-state index contributed by atoms with van der Waals surface area (Å²) in [7, 11) is 1.47. The molecule has 3 rings (SSSR count). The Morgan fingerprint density at radius 2 is 1.93 bits per heavy atom. The molecule has 144 valence electrons. The number of carbonyl (C=O) groups excluding carboxylic acids is 2. The lowest BCUT2D eigenvalue weighted by Crippen LogP contribution is -2.19. The minimum absolute atomic E-state index is 0.0113. The molecular formula is C21H21N3O4. The number of aromatic nitrogens is 1. The van der Waals surface area contributed by atoms with Crippen molar-refractivity contribution in [3.63, 3.8) is 0 Å². The first-order valence-corrected chi connectivity index (χ1v) is 8.68. The SMILES string of the molecule is COCC(=O)Nc1ccc2c(C)cc(-c3cccc(OCC(N)=O)c3)nc2c1. The number of aryl methyl sites for hydroxylation is 1. The quantitative estimate of drug-likeness (QED) is 0.657. The van der Waals surface area contributed by atoms with Gasteiger partial charge in [0, 0.05) is 23.7 Å². The van der Waals surface area contributed by atoms with Gasteiger partial charge in [-0.25, -0.2) is 4.98 Å². The van der Waals surface area contributed by atoms with Crippen molar-refractivity contribution in [2.45, 2.75) is 6.92 Å². The fraction of sp³-hybridized carbons (Fsp3) is 0.190. The molecule has 7 heteroatoms. The highest BCUT2D eigenvalue weighted by Crippen LogP contribution is 2.28. The zero-order chi connectivity index (χ0) is 20.1. The monoisotopic (exact) mass is 379 g/mol. The van der Waals surface area contributed by atoms with Gasteiger partial charge in [-0.3, -0.25) is 9.59 Å². The van der Waals surface area contributed by atoms with E-state index in [1.807, 2.05) is 43.3 Å². The zero-order valence-corrected chi connectivity index (χ0v) is 15.7. The Balaban J connectivity index is 1.94. The lowest BCUT2D eigenvalue weighted by molar-refractivity contribution is -0.120. The Kier molecular flexibility index (Phi) is 5.86. The molecule has 2 amide bonds. The molecule has 0 spiro atoms. The van der Waals surface area contributed by atoms with Crippen LogP contribution in [-0.2, 0) is 14.3 Å². The van der Waals surface area contributed by atoms with Gasteiger partial charge >= 0.3 is 0 Å². The van der Waals surface area contributed by atoms with Crippen LogP contribution in [-0.4, -0.2) is 37.1 Å². The summed E-state index contributed by atoms with van der Waals surface area (Å²) in [5.74, 6) is -0.224. The first kappa shape index (κ1) is 19.3. The number of primary amides is 1. The summed E-state index contributed by atoms with van der Waals surface area (Å²) in [5, 5.41) is 3.78. The predicted molar refractivity (Wildman–Crippen MR) is 107 cm³/mol. The molecule has 1 aromatic heterocycles. The second kappa shape index (κ2) is 8.49. The lowest BCUT2D eigenvalue weighted by atomic mass is 10.0. The number of nitrogens with zero attached hydrogens (tertiary/aromatic N) is 1. The number of nitrogens with one attached hydrogen (secondary N) is 1. The normalized spacial score (nSPS) is 10.6. The molecule has 28 heavy (non-hydrogen) atoms. The number of anilines is 1. The Labute approximate surface area is 162 Å². The Morgan fingerprint density at radius 1 is 1.11 bits per heavy atom. The average molecular weight is 379 g/mol. The van der Waals surface area contributed by atoms with E-state index in [0.29, 0.717) is 11.4 Å². The van der Waals surface area contributed by atoms with E-state index in [2.05, 4.69) is 5.32 Å². The summed E-state index contributed by atoms with van der Waals surface area (Å²) in [5.41, 5.74) is 9.19. The minimum atomic E-state index is -0.534. The van der Waals surface area contributed by atoms with Gasteiger partial charge in [0.05, 0.1) is 11.2 Å². The van der Waals surface area contributed by atoms with Crippen LogP contribution in [0.3, 0.4) is 0 Å². The number of hydrogen-bond acceptors (Lipinski definition) is 5. The van der Waals surface area contributed by atoms with Crippen molar-refractivity contribution >= 4 is 28.4 Å². The average Bonchev–Trinajstić information content (AvgIpc) is 2.66. The van der Waals surface area contributed by atoms with Crippen molar-refractivity contribution in [1.29, 1.82) is 0 Å². The smallest absolute Gasteiger partial charge is 0.255 e. The van der Waals surface area contributed by atoms with E-state index < -0.39 is 5.91 Å². The number of fused-ring (bicyclic) bond motifs is 1. The molecule has 0 saturated carbocycles. The Hall–Kier alpha value is -3.45. The third-order valence-corrected chi connectivity index (χ3v) is 4.09. The second-order valence-electron chi connectivity index (χ2n) is 6.32. The summed E-state index contributed by atoms with van der Waals surface area (Å²) in [4.78, 5) is 27.4. The molecule has 0 aliphatic carbocycles. The highest BCUT2D eigenvalue weighted by Gasteiger charge is 2.09. The summed E-state index contributed by atoms with van der Waals surface area (Å²) in [6, 6.07) is 14.9. The van der Waals surface area contributed by atoms with Crippen LogP contribution in [0.25, 0.3) is 22.2 Å². The summed E-state index contributed by atoms with van der Waals surface area (Å²) in [6.07, 6.45) is 0. The number of benzene rings is 2. The fourth-order valence-electron chi connectivity index (χ4n) is 2.86. The Bertz CT molecular complexity index is 1030. The predicted octanol–water partition coefficient (Wildman–Crippen LogP) is 2.66. The van der Waals surface area contributed by atoms with Crippen molar-refractivity contribution in [2.75, 3.05) is 25.6 Å². The van der Waals surface area contributed by atoms with Crippen molar-refractivity contribution in [3.05, 3.63) is 54.1 Å². The van der Waals surface area contributed by atoms with E-state index in [1.54, 1.807) is 12.1 Å². The topological polar surface area (TPSA) is 104 Å². The minimum Gasteiger partial charge on any atom is -0.484 e. The van der Waals surface area contributed by atoms with Gasteiger partial charge < -0.3 is 20.5 Å². The molecule has 0 bridgehead atoms. The number of pyridine rings is 1. The highest BCUT2D eigenvalue weighted by molar-refractivity contribution is 5.95. The second-order valence-corrected chi connectivity index (χ2v) is 6.32. The van der Waals surface area contributed by atoms with Crippen LogP contribution in [0, 0.1) is 6.92 Å². The highest BCUT2D eigenvalue weighted by atomic mass is 16.5. The van der Waals surface area contributed by atoms with Crippen molar-refractivity contribution in [3.8, 4) is 17.0 Å². The molecule has 0 aliphatic rings. The number of rotatable bonds is 7. The van der Waals surface area contributed by atoms with Gasteiger partial charge in [-0.05, 0) is 42.8 Å². The molecule has 7 nitrogen and oxygen atoms in total. The van der Waals surface area contributed by atoms with E-state index in [1.165, 1.54) is 7.11 Å². The summed E-state index contributed by atoms with van der Waals surface area (Å²) in [6.45, 7) is 1.81. The van der Waals surface area contributed by atoms with E-state index in [-0.39, 0.29) is 19.1 Å². The molecule has 3 N–H and O–H groups in total. The van der Waals surface area contributed by atoms with Gasteiger partial charge in [0.2, 0.25) is 5.91 Å². The van der Waals surface area contributed by atoms with Crippen LogP contribution >= 0.6 is 0 Å². The molecule has 1 heterocycles. The van der Waals surface area contributed by atoms with Crippen LogP contribution in [0.5, 0.6) is 5.75 Å². The van der Waals surface area contributed by atoms with E-state index >= 15 is 0 Å². The molecular weight excluding hydrogens is 358 g/mol. The van der Waals surface area contributed by atoms with Crippen LogP contribution in [0.1, 0.15) is 5.56 Å². The number of methoxy groups -OCH3 is 1. The molecule has 0 atom stereocenters. The van der Waals surface area contributed by atoms with Crippen molar-refractivity contribution in [2.24, 2.45) is 5.73 Å². The maximum atomic E-state index is 11.7. The van der Waals surface area contributed by atoms with E-state index in [0.717, 1.165) is 27.7 Å². The zero-order valence-electron chi connectivity index (χ0n) is 15.7. The molecule has 0 radical (unpaired) electrons. The molecule has 2 aromatic carbocycles.